The van der Waals surface area contributed by atoms with Crippen molar-refractivity contribution in [2.24, 2.45) is 0 Å². The number of carbonyl (C=O) groups excluding carboxylic acids is 1. The first-order chi connectivity index (χ1) is 13.0. The fraction of sp³-hybridized carbons (Fsp3) is 0.500. The molecule has 1 amide bonds. The Labute approximate surface area is 158 Å². The van der Waals surface area contributed by atoms with E-state index in [2.05, 4.69) is 15.5 Å². The molecule has 0 spiro atoms. The van der Waals surface area contributed by atoms with Crippen molar-refractivity contribution in [1.82, 2.24) is 15.5 Å². The van der Waals surface area contributed by atoms with Crippen molar-refractivity contribution in [2.75, 3.05) is 0 Å². The highest BCUT2D eigenvalue weighted by atomic mass is 16.5. The zero-order valence-electron chi connectivity index (χ0n) is 15.5. The van der Waals surface area contributed by atoms with Crippen LogP contribution in [0.3, 0.4) is 0 Å². The summed E-state index contributed by atoms with van der Waals surface area (Å²) in [6.45, 7) is 1.74. The number of nitrogens with one attached hydrogen (secondary N) is 1. The summed E-state index contributed by atoms with van der Waals surface area (Å²) in [5.74, 6) is 0.0635. The molecular weight excluding hydrogens is 346 g/mol. The molecule has 1 aliphatic carbocycles. The van der Waals surface area contributed by atoms with Crippen LogP contribution in [0.1, 0.15) is 68.6 Å². The number of nitrogens with zero attached hydrogens (tertiary/aromatic N) is 2. The second kappa shape index (κ2) is 8.33. The van der Waals surface area contributed by atoms with Gasteiger partial charge in [-0.05, 0) is 24.8 Å². The van der Waals surface area contributed by atoms with Crippen LogP contribution in [-0.2, 0) is 21.5 Å². The monoisotopic (exact) mass is 371 g/mol. The number of aliphatic carboxylic acids is 1. The predicted molar refractivity (Wildman–Crippen MR) is 98.0 cm³/mol. The van der Waals surface area contributed by atoms with Gasteiger partial charge in [0.05, 0.1) is 0 Å². The number of benzene rings is 1. The maximum atomic E-state index is 12.5. The summed E-state index contributed by atoms with van der Waals surface area (Å²) in [7, 11) is 0. The lowest BCUT2D eigenvalue weighted by Gasteiger charge is -2.30. The van der Waals surface area contributed by atoms with Crippen LogP contribution in [-0.4, -0.2) is 27.1 Å². The van der Waals surface area contributed by atoms with E-state index in [-0.39, 0.29) is 18.7 Å². The minimum Gasteiger partial charge on any atom is -0.479 e. The fourth-order valence-corrected chi connectivity index (χ4v) is 3.66. The van der Waals surface area contributed by atoms with Crippen LogP contribution in [0.2, 0.25) is 0 Å². The first-order valence-corrected chi connectivity index (χ1v) is 9.47. The van der Waals surface area contributed by atoms with E-state index in [1.807, 2.05) is 6.07 Å². The summed E-state index contributed by atoms with van der Waals surface area (Å²) in [5.41, 5.74) is -0.892. The lowest BCUT2D eigenvalue weighted by atomic mass is 9.87. The first-order valence-electron chi connectivity index (χ1n) is 9.47. The van der Waals surface area contributed by atoms with Crippen molar-refractivity contribution < 1.29 is 19.2 Å². The number of amides is 1. The molecule has 1 unspecified atom stereocenters. The molecule has 1 aromatic carbocycles. The zero-order valence-corrected chi connectivity index (χ0v) is 15.5. The Bertz CT molecular complexity index is 784. The minimum atomic E-state index is -1.44. The Morgan fingerprint density at radius 2 is 1.96 bits per heavy atom. The molecule has 1 atom stereocenters. The molecule has 3 rings (SSSR count). The molecule has 1 heterocycles. The molecule has 7 heteroatoms. The van der Waals surface area contributed by atoms with Gasteiger partial charge in [-0.2, -0.15) is 4.98 Å². The van der Waals surface area contributed by atoms with Crippen LogP contribution in [0.15, 0.2) is 34.9 Å². The SMILES string of the molecule is CCC(NC(=O)CCc1nc(C2CCCC2)no1)(C(=O)O)c1ccccc1. The zero-order chi connectivity index (χ0) is 19.3. The van der Waals surface area contributed by atoms with Gasteiger partial charge in [0.15, 0.2) is 11.4 Å². The molecule has 144 valence electrons. The second-order valence-electron chi connectivity index (χ2n) is 7.01. The summed E-state index contributed by atoms with van der Waals surface area (Å²) in [6, 6.07) is 8.76. The number of carboxylic acids is 1. The molecule has 27 heavy (non-hydrogen) atoms. The molecule has 1 aromatic heterocycles. The van der Waals surface area contributed by atoms with Gasteiger partial charge in [0.25, 0.3) is 0 Å². The van der Waals surface area contributed by atoms with E-state index in [1.165, 1.54) is 12.8 Å². The Morgan fingerprint density at radius 3 is 2.59 bits per heavy atom. The smallest absolute Gasteiger partial charge is 0.334 e. The van der Waals surface area contributed by atoms with Crippen LogP contribution in [0.4, 0.5) is 0 Å². The van der Waals surface area contributed by atoms with Gasteiger partial charge in [0, 0.05) is 18.8 Å². The van der Waals surface area contributed by atoms with Gasteiger partial charge < -0.3 is 14.9 Å². The van der Waals surface area contributed by atoms with Gasteiger partial charge >= 0.3 is 5.97 Å². The quantitative estimate of drug-likeness (QED) is 0.738. The summed E-state index contributed by atoms with van der Waals surface area (Å²) < 4.78 is 5.26. The Kier molecular flexibility index (Phi) is 5.88. The topological polar surface area (TPSA) is 105 Å². The van der Waals surface area contributed by atoms with Crippen LogP contribution in [0.5, 0.6) is 0 Å². The number of rotatable bonds is 8. The van der Waals surface area contributed by atoms with Crippen molar-refractivity contribution in [3.63, 3.8) is 0 Å². The predicted octanol–water partition coefficient (Wildman–Crippen LogP) is 3.17. The van der Waals surface area contributed by atoms with E-state index in [1.54, 1.807) is 31.2 Å². The average molecular weight is 371 g/mol. The Morgan fingerprint density at radius 1 is 1.26 bits per heavy atom. The van der Waals surface area contributed by atoms with E-state index in [9.17, 15) is 14.7 Å². The maximum Gasteiger partial charge on any atom is 0.334 e. The van der Waals surface area contributed by atoms with Crippen molar-refractivity contribution in [3.8, 4) is 0 Å². The van der Waals surface area contributed by atoms with E-state index >= 15 is 0 Å². The number of carbonyl (C=O) groups is 2. The van der Waals surface area contributed by atoms with Gasteiger partial charge in [-0.15, -0.1) is 0 Å². The third kappa shape index (κ3) is 4.18. The van der Waals surface area contributed by atoms with Crippen molar-refractivity contribution in [3.05, 3.63) is 47.6 Å². The van der Waals surface area contributed by atoms with Crippen molar-refractivity contribution >= 4 is 11.9 Å². The number of aryl methyl sites for hydroxylation is 1. The Balaban J connectivity index is 1.64. The van der Waals surface area contributed by atoms with E-state index in [0.29, 0.717) is 23.8 Å². The molecule has 0 radical (unpaired) electrons. The molecule has 0 bridgehead atoms. The normalized spacial score (nSPS) is 16.8. The van der Waals surface area contributed by atoms with Gasteiger partial charge in [-0.25, -0.2) is 4.79 Å². The fourth-order valence-electron chi connectivity index (χ4n) is 3.66. The number of hydrogen-bond acceptors (Lipinski definition) is 5. The standard InChI is InChI=1S/C20H25N3O4/c1-2-20(19(25)26,15-10-4-3-5-11-15)22-16(24)12-13-17-21-18(23-27-17)14-8-6-7-9-14/h3-5,10-11,14H,2,6-9,12-13H2,1H3,(H,22,24)(H,25,26). The maximum absolute atomic E-state index is 12.5. The third-order valence-electron chi connectivity index (χ3n) is 5.28. The van der Waals surface area contributed by atoms with Gasteiger partial charge in [-0.1, -0.05) is 55.3 Å². The third-order valence-corrected chi connectivity index (χ3v) is 5.28. The van der Waals surface area contributed by atoms with Gasteiger partial charge in [-0.3, -0.25) is 4.79 Å². The summed E-state index contributed by atoms with van der Waals surface area (Å²) in [4.78, 5) is 28.8. The van der Waals surface area contributed by atoms with E-state index in [0.717, 1.165) is 18.7 Å². The molecule has 0 saturated heterocycles. The molecule has 2 N–H and O–H groups in total. The molecule has 1 fully saturated rings. The molecule has 1 aliphatic rings. The Hall–Kier alpha value is -2.70. The van der Waals surface area contributed by atoms with Crippen LogP contribution in [0, 0.1) is 0 Å². The van der Waals surface area contributed by atoms with E-state index in [4.69, 9.17) is 4.52 Å². The van der Waals surface area contributed by atoms with Crippen LogP contribution >= 0.6 is 0 Å². The minimum absolute atomic E-state index is 0.0914. The first kappa shape index (κ1) is 19.1. The van der Waals surface area contributed by atoms with Crippen molar-refractivity contribution in [2.45, 2.75) is 63.3 Å². The second-order valence-corrected chi connectivity index (χ2v) is 7.01. The lowest BCUT2D eigenvalue weighted by molar-refractivity contribution is -0.148. The number of hydrogen-bond donors (Lipinski definition) is 2. The summed E-state index contributed by atoms with van der Waals surface area (Å²) in [5, 5.41) is 16.5. The molecular formula is C20H25N3O4. The molecule has 2 aromatic rings. The number of aromatic nitrogens is 2. The highest BCUT2D eigenvalue weighted by Gasteiger charge is 2.40. The molecule has 0 aliphatic heterocycles. The van der Waals surface area contributed by atoms with E-state index < -0.39 is 11.5 Å². The largest absolute Gasteiger partial charge is 0.479 e. The van der Waals surface area contributed by atoms with Crippen LogP contribution in [0.25, 0.3) is 0 Å². The van der Waals surface area contributed by atoms with Gasteiger partial charge in [0.1, 0.15) is 0 Å². The average Bonchev–Trinajstić information content (AvgIpc) is 3.36. The summed E-state index contributed by atoms with van der Waals surface area (Å²) >= 11 is 0. The molecule has 1 saturated carbocycles. The highest BCUT2D eigenvalue weighted by Crippen LogP contribution is 2.32. The number of carboxylic acid groups (broad SMARTS) is 1. The highest BCUT2D eigenvalue weighted by molar-refractivity contribution is 5.88. The summed E-state index contributed by atoms with van der Waals surface area (Å²) in [6.07, 6.45) is 5.15. The van der Waals surface area contributed by atoms with Crippen molar-refractivity contribution in [1.29, 1.82) is 0 Å². The van der Waals surface area contributed by atoms with Crippen LogP contribution < -0.4 is 5.32 Å². The molecule has 7 nitrogen and oxygen atoms in total. The van der Waals surface area contributed by atoms with Gasteiger partial charge in [0.2, 0.25) is 11.8 Å². The lowest BCUT2D eigenvalue weighted by Crippen LogP contribution is -2.51.